The van der Waals surface area contributed by atoms with E-state index in [0.717, 1.165) is 0 Å². The highest BCUT2D eigenvalue weighted by atomic mass is 35.5. The summed E-state index contributed by atoms with van der Waals surface area (Å²) in [7, 11) is 0. The number of carbonyl (C=O) groups is 1. The van der Waals surface area contributed by atoms with Crippen molar-refractivity contribution in [3.05, 3.63) is 48.6 Å². The van der Waals surface area contributed by atoms with Crippen LogP contribution < -0.4 is 0 Å². The van der Waals surface area contributed by atoms with Crippen LogP contribution in [0.25, 0.3) is 0 Å². The minimum absolute atomic E-state index is 0.0397. The zero-order valence-electron chi connectivity index (χ0n) is 7.24. The van der Waals surface area contributed by atoms with Crippen molar-refractivity contribution < 1.29 is 4.79 Å². The van der Waals surface area contributed by atoms with Crippen LogP contribution >= 0.6 is 11.6 Å². The van der Waals surface area contributed by atoms with Crippen molar-refractivity contribution in [1.82, 2.24) is 0 Å². The molecule has 1 aromatic carbocycles. The van der Waals surface area contributed by atoms with Crippen LogP contribution in [0.3, 0.4) is 0 Å². The number of allylic oxidation sites excluding steroid dienone is 1. The van der Waals surface area contributed by atoms with Gasteiger partial charge in [-0.05, 0) is 6.42 Å². The predicted molar refractivity (Wildman–Crippen MR) is 55.2 cm³/mol. The molecule has 0 heterocycles. The number of hydrogen-bond donors (Lipinski definition) is 0. The highest BCUT2D eigenvalue weighted by Crippen LogP contribution is 2.11. The first-order chi connectivity index (χ1) is 6.25. The van der Waals surface area contributed by atoms with Gasteiger partial charge in [-0.3, -0.25) is 4.79 Å². The second-order valence-corrected chi connectivity index (χ2v) is 3.25. The molecule has 0 N–H and O–H groups in total. The number of carbonyl (C=O) groups excluding carboxylic acids is 1. The van der Waals surface area contributed by atoms with E-state index < -0.39 is 5.38 Å². The molecule has 1 rings (SSSR count). The van der Waals surface area contributed by atoms with Crippen molar-refractivity contribution in [2.75, 3.05) is 0 Å². The maximum absolute atomic E-state index is 11.6. The fourth-order valence-electron chi connectivity index (χ4n) is 1.04. The third kappa shape index (κ3) is 2.71. The molecule has 0 bridgehead atoms. The van der Waals surface area contributed by atoms with Gasteiger partial charge in [0.2, 0.25) is 0 Å². The summed E-state index contributed by atoms with van der Waals surface area (Å²) in [6.45, 7) is 3.54. The molecular weight excluding hydrogens is 184 g/mol. The Bertz CT molecular complexity index is 292. The van der Waals surface area contributed by atoms with Crippen LogP contribution in [0.1, 0.15) is 16.8 Å². The molecule has 0 spiro atoms. The maximum atomic E-state index is 11.6. The summed E-state index contributed by atoms with van der Waals surface area (Å²) in [6.07, 6.45) is 2.16. The normalized spacial score (nSPS) is 12.1. The van der Waals surface area contributed by atoms with Gasteiger partial charge in [-0.1, -0.05) is 36.4 Å². The molecule has 1 nitrogen and oxygen atoms in total. The molecule has 0 amide bonds. The molecular formula is C11H11ClO. The second kappa shape index (κ2) is 4.83. The fraction of sp³-hybridized carbons (Fsp3) is 0.182. The Balaban J connectivity index is 2.73. The lowest BCUT2D eigenvalue weighted by atomic mass is 10.1. The Morgan fingerprint density at radius 3 is 2.62 bits per heavy atom. The van der Waals surface area contributed by atoms with Crippen LogP contribution in [0.4, 0.5) is 0 Å². The number of alkyl halides is 1. The highest BCUT2D eigenvalue weighted by Gasteiger charge is 2.14. The van der Waals surface area contributed by atoms with Gasteiger partial charge < -0.3 is 0 Å². The van der Waals surface area contributed by atoms with Crippen LogP contribution in [0.2, 0.25) is 0 Å². The van der Waals surface area contributed by atoms with Crippen molar-refractivity contribution in [3.8, 4) is 0 Å². The van der Waals surface area contributed by atoms with E-state index >= 15 is 0 Å². The number of rotatable bonds is 4. The number of halogens is 1. The summed E-state index contributed by atoms with van der Waals surface area (Å²) in [5.74, 6) is -0.0397. The van der Waals surface area contributed by atoms with Crippen molar-refractivity contribution >= 4 is 17.4 Å². The summed E-state index contributed by atoms with van der Waals surface area (Å²) >= 11 is 5.85. The number of Topliss-reactive ketones (excluding diaryl/α,β-unsaturated/α-hetero) is 1. The molecule has 1 atom stereocenters. The molecule has 0 aliphatic heterocycles. The molecule has 1 unspecified atom stereocenters. The van der Waals surface area contributed by atoms with E-state index in [1.54, 1.807) is 18.2 Å². The largest absolute Gasteiger partial charge is 0.292 e. The number of benzene rings is 1. The van der Waals surface area contributed by atoms with Gasteiger partial charge in [-0.25, -0.2) is 0 Å². The van der Waals surface area contributed by atoms with Crippen molar-refractivity contribution in [1.29, 1.82) is 0 Å². The fourth-order valence-corrected chi connectivity index (χ4v) is 1.29. The first-order valence-electron chi connectivity index (χ1n) is 4.10. The van der Waals surface area contributed by atoms with Crippen LogP contribution in [0, 0.1) is 0 Å². The SMILES string of the molecule is C=CCC(Cl)C(=O)c1ccccc1. The zero-order valence-corrected chi connectivity index (χ0v) is 8.00. The van der Waals surface area contributed by atoms with E-state index in [1.807, 2.05) is 18.2 Å². The van der Waals surface area contributed by atoms with E-state index in [2.05, 4.69) is 6.58 Å². The van der Waals surface area contributed by atoms with Gasteiger partial charge in [0.05, 0.1) is 0 Å². The first kappa shape index (κ1) is 10.0. The van der Waals surface area contributed by atoms with Crippen molar-refractivity contribution in [2.24, 2.45) is 0 Å². The van der Waals surface area contributed by atoms with E-state index in [4.69, 9.17) is 11.6 Å². The third-order valence-electron chi connectivity index (χ3n) is 1.72. The summed E-state index contributed by atoms with van der Waals surface area (Å²) < 4.78 is 0. The lowest BCUT2D eigenvalue weighted by molar-refractivity contribution is 0.0987. The Hall–Kier alpha value is -1.08. The van der Waals surface area contributed by atoms with Gasteiger partial charge in [-0.2, -0.15) is 0 Å². The zero-order chi connectivity index (χ0) is 9.68. The Morgan fingerprint density at radius 2 is 2.08 bits per heavy atom. The maximum Gasteiger partial charge on any atom is 0.180 e. The smallest absolute Gasteiger partial charge is 0.180 e. The van der Waals surface area contributed by atoms with Gasteiger partial charge in [0, 0.05) is 5.56 Å². The van der Waals surface area contributed by atoms with Crippen LogP contribution in [-0.2, 0) is 0 Å². The van der Waals surface area contributed by atoms with Crippen LogP contribution in [-0.4, -0.2) is 11.2 Å². The molecule has 0 aromatic heterocycles. The summed E-state index contributed by atoms with van der Waals surface area (Å²) in [6, 6.07) is 9.05. The van der Waals surface area contributed by atoms with Gasteiger partial charge in [0.25, 0.3) is 0 Å². The lowest BCUT2D eigenvalue weighted by Gasteiger charge is -2.04. The minimum atomic E-state index is -0.486. The second-order valence-electron chi connectivity index (χ2n) is 2.72. The van der Waals surface area contributed by atoms with Crippen molar-refractivity contribution in [3.63, 3.8) is 0 Å². The van der Waals surface area contributed by atoms with Gasteiger partial charge >= 0.3 is 0 Å². The monoisotopic (exact) mass is 194 g/mol. The Kier molecular flexibility index (Phi) is 3.71. The molecule has 0 fully saturated rings. The molecule has 0 saturated carbocycles. The standard InChI is InChI=1S/C11H11ClO/c1-2-6-10(12)11(13)9-7-4-3-5-8-9/h2-5,7-8,10H,1,6H2. The van der Waals surface area contributed by atoms with Gasteiger partial charge in [0.15, 0.2) is 5.78 Å². The average molecular weight is 195 g/mol. The number of hydrogen-bond acceptors (Lipinski definition) is 1. The van der Waals surface area contributed by atoms with E-state index in [1.165, 1.54) is 0 Å². The Labute approximate surface area is 83.0 Å². The topological polar surface area (TPSA) is 17.1 Å². The molecule has 0 aliphatic rings. The number of ketones is 1. The minimum Gasteiger partial charge on any atom is -0.292 e. The summed E-state index contributed by atoms with van der Waals surface area (Å²) in [4.78, 5) is 11.6. The van der Waals surface area contributed by atoms with Crippen molar-refractivity contribution in [2.45, 2.75) is 11.8 Å². The summed E-state index contributed by atoms with van der Waals surface area (Å²) in [5.41, 5.74) is 0.657. The molecule has 2 heteroatoms. The van der Waals surface area contributed by atoms with Gasteiger partial charge in [0.1, 0.15) is 5.38 Å². The molecule has 68 valence electrons. The van der Waals surface area contributed by atoms with E-state index in [9.17, 15) is 4.79 Å². The average Bonchev–Trinajstić information content (AvgIpc) is 2.18. The molecule has 0 aliphatic carbocycles. The quantitative estimate of drug-likeness (QED) is 0.409. The van der Waals surface area contributed by atoms with Gasteiger partial charge in [-0.15, -0.1) is 18.2 Å². The molecule has 0 saturated heterocycles. The molecule has 0 radical (unpaired) electrons. The first-order valence-corrected chi connectivity index (χ1v) is 4.53. The lowest BCUT2D eigenvalue weighted by Crippen LogP contribution is -2.13. The van der Waals surface area contributed by atoms with E-state index in [0.29, 0.717) is 12.0 Å². The molecule has 13 heavy (non-hydrogen) atoms. The van der Waals surface area contributed by atoms with Crippen LogP contribution in [0.5, 0.6) is 0 Å². The van der Waals surface area contributed by atoms with Crippen LogP contribution in [0.15, 0.2) is 43.0 Å². The van der Waals surface area contributed by atoms with E-state index in [-0.39, 0.29) is 5.78 Å². The third-order valence-corrected chi connectivity index (χ3v) is 2.09. The highest BCUT2D eigenvalue weighted by molar-refractivity contribution is 6.34. The Morgan fingerprint density at radius 1 is 1.46 bits per heavy atom. The predicted octanol–water partition coefficient (Wildman–Crippen LogP) is 3.05. The molecule has 1 aromatic rings. The summed E-state index contributed by atoms with van der Waals surface area (Å²) in [5, 5.41) is -0.486.